The van der Waals surface area contributed by atoms with E-state index in [9.17, 15) is 5.11 Å². The molecule has 0 aliphatic heterocycles. The van der Waals surface area contributed by atoms with Crippen LogP contribution in [0, 0.1) is 0 Å². The summed E-state index contributed by atoms with van der Waals surface area (Å²) in [6.07, 6.45) is 10.1. The zero-order valence-corrected chi connectivity index (χ0v) is 15.4. The van der Waals surface area contributed by atoms with E-state index in [2.05, 4.69) is 26.0 Å². The van der Waals surface area contributed by atoms with Crippen LogP contribution in [0.4, 0.5) is 0 Å². The number of aliphatic hydroxyl groups is 1. The van der Waals surface area contributed by atoms with Crippen LogP contribution in [-0.4, -0.2) is 16.8 Å². The lowest BCUT2D eigenvalue weighted by molar-refractivity contribution is -0.113. The Bertz CT molecular complexity index is 386. The highest BCUT2D eigenvalue weighted by molar-refractivity contribution is 5.13. The molecule has 0 aliphatic carbocycles. The van der Waals surface area contributed by atoms with E-state index in [1.807, 2.05) is 25.1 Å². The van der Waals surface area contributed by atoms with E-state index in [0.717, 1.165) is 32.1 Å². The summed E-state index contributed by atoms with van der Waals surface area (Å²) in [6.45, 7) is 6.94. The lowest BCUT2D eigenvalue weighted by atomic mass is 9.89. The summed E-state index contributed by atoms with van der Waals surface area (Å²) in [6, 6.07) is 10.3. The summed E-state index contributed by atoms with van der Waals surface area (Å²) in [5, 5.41) is 10.9. The second kappa shape index (κ2) is 11.6. The molecule has 0 saturated heterocycles. The van der Waals surface area contributed by atoms with Crippen molar-refractivity contribution in [1.82, 2.24) is 0 Å². The Balaban J connectivity index is 2.52. The highest BCUT2D eigenvalue weighted by Crippen LogP contribution is 2.26. The number of rotatable bonds is 13. The van der Waals surface area contributed by atoms with Gasteiger partial charge < -0.3 is 9.84 Å². The van der Waals surface area contributed by atoms with E-state index in [0.29, 0.717) is 6.61 Å². The molecular weight excluding hydrogens is 284 g/mol. The number of ether oxygens (including phenoxy) is 1. The molecule has 0 aliphatic rings. The second-order valence-electron chi connectivity index (χ2n) is 6.95. The van der Waals surface area contributed by atoms with Gasteiger partial charge in [0.2, 0.25) is 0 Å². The molecule has 0 amide bonds. The van der Waals surface area contributed by atoms with Crippen LogP contribution in [0.25, 0.3) is 0 Å². The van der Waals surface area contributed by atoms with Gasteiger partial charge in [0.05, 0.1) is 18.3 Å². The maximum atomic E-state index is 10.9. The van der Waals surface area contributed by atoms with Gasteiger partial charge in [-0.1, -0.05) is 89.1 Å². The minimum absolute atomic E-state index is 0.0733. The summed E-state index contributed by atoms with van der Waals surface area (Å²) >= 11 is 0. The highest BCUT2D eigenvalue weighted by Gasteiger charge is 2.31. The highest BCUT2D eigenvalue weighted by atomic mass is 16.5. The summed E-state index contributed by atoms with van der Waals surface area (Å²) < 4.78 is 6.15. The van der Waals surface area contributed by atoms with Gasteiger partial charge in [0.15, 0.2) is 0 Å². The first kappa shape index (κ1) is 20.2. The van der Waals surface area contributed by atoms with Crippen molar-refractivity contribution in [3.05, 3.63) is 35.9 Å². The minimum Gasteiger partial charge on any atom is -0.387 e. The number of hydrogen-bond donors (Lipinski definition) is 1. The molecule has 0 saturated carbocycles. The molecular formula is C21H36O2. The average Bonchev–Trinajstić information content (AvgIpc) is 2.56. The third-order valence-corrected chi connectivity index (χ3v) is 4.59. The van der Waals surface area contributed by atoms with Gasteiger partial charge in [-0.15, -0.1) is 0 Å². The monoisotopic (exact) mass is 320 g/mol. The lowest BCUT2D eigenvalue weighted by Gasteiger charge is -2.33. The van der Waals surface area contributed by atoms with Crippen LogP contribution < -0.4 is 0 Å². The molecule has 0 aromatic heterocycles. The molecule has 23 heavy (non-hydrogen) atoms. The SMILES string of the molecule is CCCCCCC[C@@H](OCc1ccccc1)[C@@](C)(O)CCCC. The first-order valence-electron chi connectivity index (χ1n) is 9.48. The first-order valence-corrected chi connectivity index (χ1v) is 9.48. The Morgan fingerprint density at radius 2 is 1.61 bits per heavy atom. The number of unbranched alkanes of at least 4 members (excludes halogenated alkanes) is 5. The van der Waals surface area contributed by atoms with Gasteiger partial charge in [0, 0.05) is 0 Å². The molecule has 0 spiro atoms. The van der Waals surface area contributed by atoms with Crippen LogP contribution in [0.5, 0.6) is 0 Å². The number of hydrogen-bond acceptors (Lipinski definition) is 2. The maximum Gasteiger partial charge on any atom is 0.0880 e. The quantitative estimate of drug-likeness (QED) is 0.460. The topological polar surface area (TPSA) is 29.5 Å². The van der Waals surface area contributed by atoms with Gasteiger partial charge in [-0.2, -0.15) is 0 Å². The average molecular weight is 321 g/mol. The van der Waals surface area contributed by atoms with Crippen molar-refractivity contribution < 1.29 is 9.84 Å². The van der Waals surface area contributed by atoms with E-state index in [-0.39, 0.29) is 6.10 Å². The van der Waals surface area contributed by atoms with E-state index in [4.69, 9.17) is 4.74 Å². The van der Waals surface area contributed by atoms with E-state index in [1.54, 1.807) is 0 Å². The van der Waals surface area contributed by atoms with Crippen LogP contribution in [0.1, 0.15) is 84.1 Å². The predicted molar refractivity (Wildman–Crippen MR) is 98.5 cm³/mol. The third-order valence-electron chi connectivity index (χ3n) is 4.59. The standard InChI is InChI=1S/C21H36O2/c1-4-6-8-9-13-16-20(21(3,22)17-7-5-2)23-18-19-14-11-10-12-15-19/h10-12,14-15,20,22H,4-9,13,16-18H2,1-3H3/t20-,21+/m1/s1. The van der Waals surface area contributed by atoms with Gasteiger partial charge in [-0.25, -0.2) is 0 Å². The fraction of sp³-hybridized carbons (Fsp3) is 0.714. The fourth-order valence-electron chi connectivity index (χ4n) is 2.97. The molecule has 0 radical (unpaired) electrons. The van der Waals surface area contributed by atoms with Gasteiger partial charge in [-0.3, -0.25) is 0 Å². The van der Waals surface area contributed by atoms with Crippen LogP contribution in [-0.2, 0) is 11.3 Å². The molecule has 2 heteroatoms. The second-order valence-corrected chi connectivity index (χ2v) is 6.95. The van der Waals surface area contributed by atoms with Gasteiger partial charge in [0.1, 0.15) is 0 Å². The normalized spacial score (nSPS) is 15.3. The van der Waals surface area contributed by atoms with Gasteiger partial charge in [-0.05, 0) is 25.3 Å². The van der Waals surface area contributed by atoms with Gasteiger partial charge in [0.25, 0.3) is 0 Å². The zero-order chi connectivity index (χ0) is 17.0. The molecule has 1 N–H and O–H groups in total. The number of benzene rings is 1. The Hall–Kier alpha value is -0.860. The Labute approximate surface area is 143 Å². The molecule has 2 atom stereocenters. The Morgan fingerprint density at radius 1 is 0.957 bits per heavy atom. The van der Waals surface area contributed by atoms with Crippen molar-refractivity contribution >= 4 is 0 Å². The summed E-state index contributed by atoms with van der Waals surface area (Å²) in [7, 11) is 0. The molecule has 1 rings (SSSR count). The molecule has 0 fully saturated rings. The molecule has 0 bridgehead atoms. The summed E-state index contributed by atoms with van der Waals surface area (Å²) in [4.78, 5) is 0. The predicted octanol–water partition coefficient (Wildman–Crippen LogP) is 5.87. The molecule has 2 nitrogen and oxygen atoms in total. The Morgan fingerprint density at radius 3 is 2.26 bits per heavy atom. The van der Waals surface area contributed by atoms with E-state index < -0.39 is 5.60 Å². The molecule has 1 aromatic rings. The molecule has 0 heterocycles. The molecule has 132 valence electrons. The maximum absolute atomic E-state index is 10.9. The smallest absolute Gasteiger partial charge is 0.0880 e. The van der Waals surface area contributed by atoms with Gasteiger partial charge >= 0.3 is 0 Å². The first-order chi connectivity index (χ1) is 11.1. The van der Waals surface area contributed by atoms with Crippen molar-refractivity contribution in [3.8, 4) is 0 Å². The zero-order valence-electron chi connectivity index (χ0n) is 15.4. The summed E-state index contributed by atoms with van der Waals surface area (Å²) in [5.74, 6) is 0. The molecule has 0 unspecified atom stereocenters. The van der Waals surface area contributed by atoms with Crippen LogP contribution in [0.3, 0.4) is 0 Å². The van der Waals surface area contributed by atoms with Crippen molar-refractivity contribution in [2.75, 3.05) is 0 Å². The van der Waals surface area contributed by atoms with Crippen molar-refractivity contribution in [2.45, 2.75) is 96.9 Å². The third kappa shape index (κ3) is 8.53. The van der Waals surface area contributed by atoms with Crippen molar-refractivity contribution in [2.24, 2.45) is 0 Å². The lowest BCUT2D eigenvalue weighted by Crippen LogP contribution is -2.41. The van der Waals surface area contributed by atoms with Crippen LogP contribution in [0.15, 0.2) is 30.3 Å². The molecule has 1 aromatic carbocycles. The Kier molecular flexibility index (Phi) is 10.2. The van der Waals surface area contributed by atoms with Crippen molar-refractivity contribution in [3.63, 3.8) is 0 Å². The van der Waals surface area contributed by atoms with Crippen molar-refractivity contribution in [1.29, 1.82) is 0 Å². The van der Waals surface area contributed by atoms with Crippen LogP contribution in [0.2, 0.25) is 0 Å². The van der Waals surface area contributed by atoms with E-state index >= 15 is 0 Å². The van der Waals surface area contributed by atoms with Crippen LogP contribution >= 0.6 is 0 Å². The minimum atomic E-state index is -0.727. The van der Waals surface area contributed by atoms with E-state index in [1.165, 1.54) is 31.2 Å². The largest absolute Gasteiger partial charge is 0.387 e. The summed E-state index contributed by atoms with van der Waals surface area (Å²) in [5.41, 5.74) is 0.449. The fourth-order valence-corrected chi connectivity index (χ4v) is 2.97.